The molecule has 0 saturated heterocycles. The van der Waals surface area contributed by atoms with Crippen LogP contribution in [0.3, 0.4) is 0 Å². The Kier molecular flexibility index (Phi) is 8.74. The Morgan fingerprint density at radius 2 is 1.75 bits per heavy atom. The predicted octanol–water partition coefficient (Wildman–Crippen LogP) is 5.17. The maximum Gasteiger partial charge on any atom is 0.259 e. The molecule has 0 heterocycles. The molecule has 150 valence electrons. The Morgan fingerprint density at radius 3 is 2.36 bits per heavy atom. The van der Waals surface area contributed by atoms with Crippen molar-refractivity contribution in [3.63, 3.8) is 0 Å². The molecule has 2 rings (SSSR count). The number of rotatable bonds is 6. The Labute approximate surface area is 192 Å². The lowest BCUT2D eigenvalue weighted by atomic mass is 10.3. The van der Waals surface area contributed by atoms with Crippen molar-refractivity contribution in [2.45, 2.75) is 9.96 Å². The second-order valence-electron chi connectivity index (χ2n) is 5.37. The monoisotopic (exact) mass is 499 g/mol. The molecule has 2 aromatic rings. The van der Waals surface area contributed by atoms with E-state index in [1.165, 1.54) is 6.07 Å². The first-order chi connectivity index (χ1) is 13.1. The second kappa shape index (κ2) is 10.6. The van der Waals surface area contributed by atoms with Crippen LogP contribution < -0.4 is 20.7 Å². The number of alkyl halides is 3. The molecular formula is C17H14Cl5N3O2S. The molecule has 0 fully saturated rings. The van der Waals surface area contributed by atoms with Gasteiger partial charge in [-0.1, -0.05) is 76.2 Å². The van der Waals surface area contributed by atoms with Crippen molar-refractivity contribution in [3.05, 3.63) is 58.6 Å². The highest BCUT2D eigenvalue weighted by molar-refractivity contribution is 7.80. The summed E-state index contributed by atoms with van der Waals surface area (Å²) in [7, 11) is 0. The number of carbonyl (C=O) groups is 1. The van der Waals surface area contributed by atoms with Gasteiger partial charge in [0.1, 0.15) is 11.9 Å². The zero-order chi connectivity index (χ0) is 20.7. The molecule has 0 bridgehead atoms. The molecule has 0 aromatic heterocycles. The average Bonchev–Trinajstić information content (AvgIpc) is 2.60. The smallest absolute Gasteiger partial charge is 0.259 e. The highest BCUT2D eigenvalue weighted by Crippen LogP contribution is 2.29. The summed E-state index contributed by atoms with van der Waals surface area (Å²) in [5.74, 6) is -0.266. The minimum atomic E-state index is -1.88. The number of thiocarbonyl (C=S) groups is 1. The highest BCUT2D eigenvalue weighted by Gasteiger charge is 2.34. The van der Waals surface area contributed by atoms with Crippen LogP contribution in [-0.4, -0.2) is 27.6 Å². The van der Waals surface area contributed by atoms with Gasteiger partial charge in [0.05, 0.1) is 5.02 Å². The van der Waals surface area contributed by atoms with Crippen LogP contribution in [-0.2, 0) is 4.79 Å². The van der Waals surface area contributed by atoms with E-state index in [2.05, 4.69) is 16.0 Å². The highest BCUT2D eigenvalue weighted by atomic mass is 35.6. The molecule has 1 unspecified atom stereocenters. The van der Waals surface area contributed by atoms with Gasteiger partial charge < -0.3 is 20.7 Å². The molecule has 11 heteroatoms. The lowest BCUT2D eigenvalue weighted by molar-refractivity contribution is -0.123. The van der Waals surface area contributed by atoms with E-state index >= 15 is 0 Å². The number of anilines is 1. The van der Waals surface area contributed by atoms with Crippen molar-refractivity contribution in [1.82, 2.24) is 10.6 Å². The number of carbonyl (C=O) groups excluding carboxylic acids is 1. The van der Waals surface area contributed by atoms with Crippen LogP contribution in [0.5, 0.6) is 5.75 Å². The second-order valence-corrected chi connectivity index (χ2v) is 8.99. The Morgan fingerprint density at radius 1 is 1.07 bits per heavy atom. The molecule has 0 aliphatic rings. The maximum atomic E-state index is 12.2. The van der Waals surface area contributed by atoms with Gasteiger partial charge in [-0.25, -0.2) is 0 Å². The number of hydrogen-bond acceptors (Lipinski definition) is 3. The number of benzene rings is 2. The van der Waals surface area contributed by atoms with Crippen LogP contribution in [0.15, 0.2) is 48.5 Å². The van der Waals surface area contributed by atoms with Gasteiger partial charge in [0.2, 0.25) is 3.79 Å². The van der Waals surface area contributed by atoms with Crippen molar-refractivity contribution < 1.29 is 9.53 Å². The van der Waals surface area contributed by atoms with Crippen LogP contribution >= 0.6 is 70.2 Å². The van der Waals surface area contributed by atoms with E-state index < -0.39 is 15.9 Å². The van der Waals surface area contributed by atoms with E-state index in [4.69, 9.17) is 75.0 Å². The Hall–Kier alpha value is -1.15. The van der Waals surface area contributed by atoms with Gasteiger partial charge in [0.25, 0.3) is 5.91 Å². The van der Waals surface area contributed by atoms with E-state index in [-0.39, 0.29) is 16.7 Å². The van der Waals surface area contributed by atoms with E-state index in [1.807, 2.05) is 18.2 Å². The number of para-hydroxylation sites is 1. The fraction of sp³-hybridized carbons (Fsp3) is 0.176. The third-order valence-electron chi connectivity index (χ3n) is 3.19. The van der Waals surface area contributed by atoms with Crippen LogP contribution in [0.1, 0.15) is 0 Å². The molecular weight excluding hydrogens is 488 g/mol. The molecule has 0 aliphatic carbocycles. The van der Waals surface area contributed by atoms with Crippen LogP contribution in [0.25, 0.3) is 0 Å². The first-order valence-electron chi connectivity index (χ1n) is 7.71. The molecule has 2 aromatic carbocycles. The largest absolute Gasteiger partial charge is 0.482 e. The summed E-state index contributed by atoms with van der Waals surface area (Å²) in [4.78, 5) is 12.2. The number of hydrogen-bond donors (Lipinski definition) is 3. The standard InChI is InChI=1S/C17H14Cl5N3O2S/c18-10-6-7-13(12(19)8-10)27-9-14(26)24-15(17(20,21)22)25-16(28)23-11-4-2-1-3-5-11/h1-8,15H,9H2,(H,24,26)(H2,23,25,28). The van der Waals surface area contributed by atoms with Crippen LogP contribution in [0.2, 0.25) is 10.0 Å². The molecule has 0 radical (unpaired) electrons. The maximum absolute atomic E-state index is 12.2. The summed E-state index contributed by atoms with van der Waals surface area (Å²) < 4.78 is 3.48. The molecule has 1 atom stereocenters. The van der Waals surface area contributed by atoms with Gasteiger partial charge in [-0.15, -0.1) is 0 Å². The fourth-order valence-corrected chi connectivity index (χ4v) is 2.98. The van der Waals surface area contributed by atoms with E-state index in [1.54, 1.807) is 24.3 Å². The number of nitrogens with one attached hydrogen (secondary N) is 3. The van der Waals surface area contributed by atoms with Gasteiger partial charge >= 0.3 is 0 Å². The van der Waals surface area contributed by atoms with E-state index in [9.17, 15) is 4.79 Å². The van der Waals surface area contributed by atoms with Gasteiger partial charge in [-0.2, -0.15) is 0 Å². The normalized spacial score (nSPS) is 12.0. The van der Waals surface area contributed by atoms with Crippen molar-refractivity contribution in [3.8, 4) is 5.75 Å². The predicted molar refractivity (Wildman–Crippen MR) is 120 cm³/mol. The zero-order valence-electron chi connectivity index (χ0n) is 14.0. The number of ether oxygens (including phenoxy) is 1. The summed E-state index contributed by atoms with van der Waals surface area (Å²) in [5.41, 5.74) is 0.732. The molecule has 5 nitrogen and oxygen atoms in total. The van der Waals surface area contributed by atoms with Crippen molar-refractivity contribution in [2.75, 3.05) is 11.9 Å². The summed E-state index contributed by atoms with van der Waals surface area (Å²) in [5, 5.41) is 9.05. The van der Waals surface area contributed by atoms with Gasteiger partial charge in [0.15, 0.2) is 11.7 Å². The first-order valence-corrected chi connectivity index (χ1v) is 10.0. The fourth-order valence-electron chi connectivity index (χ4n) is 1.96. The van der Waals surface area contributed by atoms with Crippen LogP contribution in [0.4, 0.5) is 5.69 Å². The third-order valence-corrected chi connectivity index (χ3v) is 4.60. The van der Waals surface area contributed by atoms with E-state index in [0.717, 1.165) is 5.69 Å². The van der Waals surface area contributed by atoms with Crippen molar-refractivity contribution >= 4 is 86.9 Å². The Bertz CT molecular complexity index is 833. The zero-order valence-corrected chi connectivity index (χ0v) is 18.6. The summed E-state index contributed by atoms with van der Waals surface area (Å²) in [6.07, 6.45) is -1.11. The topological polar surface area (TPSA) is 62.4 Å². The summed E-state index contributed by atoms with van der Waals surface area (Å²) >= 11 is 34.8. The third kappa shape index (κ3) is 7.70. The molecule has 0 aliphatic heterocycles. The first kappa shape index (κ1) is 23.1. The van der Waals surface area contributed by atoms with Crippen molar-refractivity contribution in [2.24, 2.45) is 0 Å². The number of amides is 1. The average molecular weight is 502 g/mol. The minimum absolute atomic E-state index is 0.157. The van der Waals surface area contributed by atoms with Gasteiger partial charge in [-0.3, -0.25) is 4.79 Å². The quantitative estimate of drug-likeness (QED) is 0.290. The lowest BCUT2D eigenvalue weighted by Crippen LogP contribution is -2.56. The van der Waals surface area contributed by atoms with Crippen LogP contribution in [0, 0.1) is 0 Å². The Balaban J connectivity index is 1.93. The molecule has 0 spiro atoms. The SMILES string of the molecule is O=C(COc1ccc(Cl)cc1Cl)NC(NC(=S)Nc1ccccc1)C(Cl)(Cl)Cl. The van der Waals surface area contributed by atoms with Crippen molar-refractivity contribution in [1.29, 1.82) is 0 Å². The summed E-state index contributed by atoms with van der Waals surface area (Å²) in [6.45, 7) is -0.362. The number of halogens is 5. The molecule has 1 amide bonds. The van der Waals surface area contributed by atoms with E-state index in [0.29, 0.717) is 10.8 Å². The lowest BCUT2D eigenvalue weighted by Gasteiger charge is -2.27. The summed E-state index contributed by atoms with van der Waals surface area (Å²) in [6, 6.07) is 13.8. The molecule has 3 N–H and O–H groups in total. The van der Waals surface area contributed by atoms with Gasteiger partial charge in [-0.05, 0) is 42.5 Å². The molecule has 28 heavy (non-hydrogen) atoms. The minimum Gasteiger partial charge on any atom is -0.482 e. The molecule has 0 saturated carbocycles. The van der Waals surface area contributed by atoms with Gasteiger partial charge in [0, 0.05) is 10.7 Å².